The van der Waals surface area contributed by atoms with Gasteiger partial charge in [-0.15, -0.1) is 0 Å². The number of rotatable bonds is 3. The van der Waals surface area contributed by atoms with Crippen molar-refractivity contribution in [3.8, 4) is 11.5 Å². The lowest BCUT2D eigenvalue weighted by molar-refractivity contribution is 0.475. The van der Waals surface area contributed by atoms with E-state index in [2.05, 4.69) is 31.9 Å². The molecule has 0 heterocycles. The lowest BCUT2D eigenvalue weighted by Gasteiger charge is -2.14. The van der Waals surface area contributed by atoms with Crippen molar-refractivity contribution in [3.05, 3.63) is 56.5 Å². The molecule has 5 heteroatoms. The second kappa shape index (κ2) is 6.03. The quantitative estimate of drug-likeness (QED) is 0.740. The van der Waals surface area contributed by atoms with Crippen LogP contribution in [0.2, 0.25) is 0 Å². The maximum Gasteiger partial charge on any atom is 0.141 e. The standard InChI is InChI=1S/C14H11Br2NOS/c1-8-3-2-4-10(14(17)19)13(8)18-12-6-5-9(15)7-11(12)16/h2-7H,1H3,(H2,17,19). The van der Waals surface area contributed by atoms with Crippen molar-refractivity contribution in [3.63, 3.8) is 0 Å². The molecule has 0 aliphatic carbocycles. The molecular formula is C14H11Br2NOS. The topological polar surface area (TPSA) is 35.2 Å². The van der Waals surface area contributed by atoms with Gasteiger partial charge in [0.25, 0.3) is 0 Å². The van der Waals surface area contributed by atoms with Gasteiger partial charge in [-0.05, 0) is 52.7 Å². The average Bonchev–Trinajstić information content (AvgIpc) is 2.34. The van der Waals surface area contributed by atoms with Crippen LogP contribution in [0.5, 0.6) is 11.5 Å². The molecule has 0 saturated heterocycles. The molecule has 2 N–H and O–H groups in total. The number of thiocarbonyl (C=S) groups is 1. The summed E-state index contributed by atoms with van der Waals surface area (Å²) in [6, 6.07) is 11.4. The molecule has 2 nitrogen and oxygen atoms in total. The molecule has 0 atom stereocenters. The van der Waals surface area contributed by atoms with Gasteiger partial charge in [-0.1, -0.05) is 40.3 Å². The molecule has 0 bridgehead atoms. The van der Waals surface area contributed by atoms with E-state index >= 15 is 0 Å². The van der Waals surface area contributed by atoms with E-state index in [1.165, 1.54) is 0 Å². The van der Waals surface area contributed by atoms with Gasteiger partial charge in [-0.2, -0.15) is 0 Å². The van der Waals surface area contributed by atoms with Crippen molar-refractivity contribution in [2.45, 2.75) is 6.92 Å². The van der Waals surface area contributed by atoms with Crippen LogP contribution in [-0.4, -0.2) is 4.99 Å². The predicted molar refractivity (Wildman–Crippen MR) is 89.0 cm³/mol. The van der Waals surface area contributed by atoms with E-state index < -0.39 is 0 Å². The van der Waals surface area contributed by atoms with Crippen LogP contribution in [-0.2, 0) is 0 Å². The van der Waals surface area contributed by atoms with Crippen molar-refractivity contribution in [2.24, 2.45) is 5.73 Å². The summed E-state index contributed by atoms with van der Waals surface area (Å²) in [7, 11) is 0. The van der Waals surface area contributed by atoms with E-state index in [-0.39, 0.29) is 0 Å². The van der Waals surface area contributed by atoms with Crippen LogP contribution < -0.4 is 10.5 Å². The number of halogens is 2. The molecule has 0 unspecified atom stereocenters. The van der Waals surface area contributed by atoms with Crippen LogP contribution >= 0.6 is 44.1 Å². The van der Waals surface area contributed by atoms with Gasteiger partial charge in [-0.25, -0.2) is 0 Å². The first-order valence-electron chi connectivity index (χ1n) is 5.51. The Morgan fingerprint density at radius 1 is 1.21 bits per heavy atom. The largest absolute Gasteiger partial charge is 0.455 e. The third-order valence-corrected chi connectivity index (χ3v) is 3.92. The summed E-state index contributed by atoms with van der Waals surface area (Å²) in [6.07, 6.45) is 0. The lowest BCUT2D eigenvalue weighted by atomic mass is 10.1. The molecule has 0 fully saturated rings. The first kappa shape index (κ1) is 14.5. The van der Waals surface area contributed by atoms with Gasteiger partial charge in [-0.3, -0.25) is 0 Å². The summed E-state index contributed by atoms with van der Waals surface area (Å²) < 4.78 is 7.79. The molecule has 2 aromatic rings. The number of hydrogen-bond donors (Lipinski definition) is 1. The maximum absolute atomic E-state index is 5.95. The van der Waals surface area contributed by atoms with E-state index in [4.69, 9.17) is 22.7 Å². The fourth-order valence-electron chi connectivity index (χ4n) is 1.65. The molecular weight excluding hydrogens is 390 g/mol. The molecule has 2 rings (SSSR count). The Bertz CT molecular complexity index is 643. The molecule has 0 spiro atoms. The summed E-state index contributed by atoms with van der Waals surface area (Å²) in [5.74, 6) is 1.41. The third-order valence-electron chi connectivity index (χ3n) is 2.58. The Morgan fingerprint density at radius 3 is 2.58 bits per heavy atom. The number of ether oxygens (including phenoxy) is 1. The third kappa shape index (κ3) is 3.35. The van der Waals surface area contributed by atoms with Crippen molar-refractivity contribution in [1.29, 1.82) is 0 Å². The monoisotopic (exact) mass is 399 g/mol. The molecule has 0 aliphatic rings. The second-order valence-corrected chi connectivity index (χ2v) is 6.20. The number of para-hydroxylation sites is 1. The van der Waals surface area contributed by atoms with Crippen LogP contribution in [0.1, 0.15) is 11.1 Å². The summed E-state index contributed by atoms with van der Waals surface area (Å²) in [5.41, 5.74) is 7.46. The molecule has 0 saturated carbocycles. The van der Waals surface area contributed by atoms with Gasteiger partial charge in [0.15, 0.2) is 0 Å². The summed E-state index contributed by atoms with van der Waals surface area (Å²) in [4.78, 5) is 0.326. The lowest BCUT2D eigenvalue weighted by Crippen LogP contribution is -2.11. The van der Waals surface area contributed by atoms with E-state index in [0.29, 0.717) is 10.7 Å². The average molecular weight is 401 g/mol. The second-order valence-electron chi connectivity index (χ2n) is 3.99. The van der Waals surface area contributed by atoms with Gasteiger partial charge >= 0.3 is 0 Å². The molecule has 0 radical (unpaired) electrons. The van der Waals surface area contributed by atoms with Crippen molar-refractivity contribution >= 4 is 49.1 Å². The molecule has 0 aliphatic heterocycles. The van der Waals surface area contributed by atoms with Crippen LogP contribution in [0.3, 0.4) is 0 Å². The first-order chi connectivity index (χ1) is 8.99. The number of benzene rings is 2. The highest BCUT2D eigenvalue weighted by Crippen LogP contribution is 2.35. The van der Waals surface area contributed by atoms with E-state index in [1.54, 1.807) is 0 Å². The molecule has 19 heavy (non-hydrogen) atoms. The molecule has 98 valence electrons. The Balaban J connectivity index is 2.46. The van der Waals surface area contributed by atoms with Gasteiger partial charge in [0.2, 0.25) is 0 Å². The highest BCUT2D eigenvalue weighted by Gasteiger charge is 2.12. The summed E-state index contributed by atoms with van der Waals surface area (Å²) in [6.45, 7) is 1.96. The fraction of sp³-hybridized carbons (Fsp3) is 0.0714. The zero-order valence-electron chi connectivity index (χ0n) is 10.1. The fourth-order valence-corrected chi connectivity index (χ4v) is 2.94. The minimum Gasteiger partial charge on any atom is -0.455 e. The van der Waals surface area contributed by atoms with Gasteiger partial charge in [0.05, 0.1) is 10.0 Å². The predicted octanol–water partition coefficient (Wildman–Crippen LogP) is 4.95. The zero-order valence-corrected chi connectivity index (χ0v) is 14.1. The van der Waals surface area contributed by atoms with E-state index in [0.717, 1.165) is 25.8 Å². The normalized spacial score (nSPS) is 10.3. The number of aryl methyl sites for hydroxylation is 1. The minimum absolute atomic E-state index is 0.326. The Labute approximate surface area is 134 Å². The van der Waals surface area contributed by atoms with Gasteiger partial charge < -0.3 is 10.5 Å². The highest BCUT2D eigenvalue weighted by molar-refractivity contribution is 9.11. The van der Waals surface area contributed by atoms with Crippen molar-refractivity contribution in [1.82, 2.24) is 0 Å². The Morgan fingerprint density at radius 2 is 1.95 bits per heavy atom. The first-order valence-corrected chi connectivity index (χ1v) is 7.51. The van der Waals surface area contributed by atoms with Crippen LogP contribution in [0.15, 0.2) is 45.3 Å². The zero-order chi connectivity index (χ0) is 14.0. The summed E-state index contributed by atoms with van der Waals surface area (Å²) >= 11 is 11.9. The number of hydrogen-bond acceptors (Lipinski definition) is 2. The maximum atomic E-state index is 5.95. The summed E-state index contributed by atoms with van der Waals surface area (Å²) in [5, 5.41) is 0. The van der Waals surface area contributed by atoms with Crippen LogP contribution in [0, 0.1) is 6.92 Å². The molecule has 0 amide bonds. The Kier molecular flexibility index (Phi) is 4.60. The van der Waals surface area contributed by atoms with Crippen LogP contribution in [0.4, 0.5) is 0 Å². The van der Waals surface area contributed by atoms with E-state index in [1.807, 2.05) is 43.3 Å². The SMILES string of the molecule is Cc1cccc(C(N)=S)c1Oc1ccc(Br)cc1Br. The van der Waals surface area contributed by atoms with Crippen LogP contribution in [0.25, 0.3) is 0 Å². The van der Waals surface area contributed by atoms with E-state index in [9.17, 15) is 0 Å². The number of nitrogens with two attached hydrogens (primary N) is 1. The smallest absolute Gasteiger partial charge is 0.141 e. The molecule has 2 aromatic carbocycles. The van der Waals surface area contributed by atoms with Gasteiger partial charge in [0.1, 0.15) is 16.5 Å². The van der Waals surface area contributed by atoms with Gasteiger partial charge in [0, 0.05) is 4.47 Å². The molecule has 0 aromatic heterocycles. The Hall–Kier alpha value is -0.910. The van der Waals surface area contributed by atoms with Crippen molar-refractivity contribution < 1.29 is 4.74 Å². The van der Waals surface area contributed by atoms with Crippen molar-refractivity contribution in [2.75, 3.05) is 0 Å². The minimum atomic E-state index is 0.326. The highest BCUT2D eigenvalue weighted by atomic mass is 79.9.